The van der Waals surface area contributed by atoms with Crippen molar-refractivity contribution in [1.82, 2.24) is 0 Å². The molecule has 2 aromatic carbocycles. The molecule has 0 spiro atoms. The summed E-state index contributed by atoms with van der Waals surface area (Å²) in [4.78, 5) is 0. The van der Waals surface area contributed by atoms with Crippen LogP contribution in [0.15, 0.2) is 60.7 Å². The zero-order chi connectivity index (χ0) is 12.1. The minimum atomic E-state index is -4.09. The summed E-state index contributed by atoms with van der Waals surface area (Å²) in [7, 11) is -4.09. The van der Waals surface area contributed by atoms with Crippen LogP contribution < -0.4 is 8.37 Å². The molecule has 19 heavy (non-hydrogen) atoms. The normalized spacial score (nSPS) is 9.68. The summed E-state index contributed by atoms with van der Waals surface area (Å²) in [6, 6.07) is 16.4. The predicted molar refractivity (Wildman–Crippen MR) is 77.4 cm³/mol. The molecule has 0 heterocycles. The molecule has 0 unspecified atom stereocenters. The van der Waals surface area contributed by atoms with E-state index in [-0.39, 0.29) is 70.6 Å². The van der Waals surface area contributed by atoms with Gasteiger partial charge in [-0.2, -0.15) is 0 Å². The summed E-state index contributed by atoms with van der Waals surface area (Å²) in [5.41, 5.74) is 0. The summed E-state index contributed by atoms with van der Waals surface area (Å²) >= 11 is 0. The van der Waals surface area contributed by atoms with Crippen LogP contribution in [0.1, 0.15) is 0 Å². The van der Waals surface area contributed by atoms with Gasteiger partial charge in [-0.3, -0.25) is 0 Å². The van der Waals surface area contributed by atoms with Crippen LogP contribution in [0.25, 0.3) is 0 Å². The van der Waals surface area contributed by atoms with Gasteiger partial charge in [-0.05, 0) is 24.3 Å². The Morgan fingerprint density at radius 2 is 0.947 bits per heavy atom. The third kappa shape index (κ3) is 6.81. The summed E-state index contributed by atoms with van der Waals surface area (Å²) in [6.07, 6.45) is 0. The summed E-state index contributed by atoms with van der Waals surface area (Å²) in [5.74, 6) is 0.423. The van der Waals surface area contributed by atoms with Crippen LogP contribution >= 0.6 is 0 Å². The topological polar surface area (TPSA) is 52.6 Å². The van der Waals surface area contributed by atoms with Crippen LogP contribution in [0, 0.1) is 0 Å². The molecule has 7 heteroatoms. The standard InChI is InChI=1S/C12H10O4S.2Na.2H/c13-17(14,15-11-7-3-1-4-8-11)16-12-9-5-2-6-10-12;;;;/h1-10H;;;;. The Kier molecular flexibility index (Phi) is 9.02. The molecule has 0 atom stereocenters. The zero-order valence-corrected chi connectivity index (χ0v) is 9.63. The molecule has 92 valence electrons. The van der Waals surface area contributed by atoms with Crippen LogP contribution in [0.3, 0.4) is 0 Å². The maximum absolute atomic E-state index is 11.5. The van der Waals surface area contributed by atoms with Crippen molar-refractivity contribution in [2.24, 2.45) is 0 Å². The van der Waals surface area contributed by atoms with E-state index in [1.807, 2.05) is 0 Å². The van der Waals surface area contributed by atoms with E-state index >= 15 is 0 Å². The molecule has 0 radical (unpaired) electrons. The van der Waals surface area contributed by atoms with Crippen LogP contribution in [0.5, 0.6) is 11.5 Å². The van der Waals surface area contributed by atoms with Crippen molar-refractivity contribution in [1.29, 1.82) is 0 Å². The first-order chi connectivity index (χ1) is 8.16. The first-order valence-electron chi connectivity index (χ1n) is 4.90. The molecule has 0 aliphatic rings. The number of hydrogen-bond donors (Lipinski definition) is 0. The van der Waals surface area contributed by atoms with Crippen LogP contribution in [-0.2, 0) is 10.4 Å². The van der Waals surface area contributed by atoms with E-state index < -0.39 is 10.4 Å². The van der Waals surface area contributed by atoms with Gasteiger partial charge in [0.1, 0.15) is 11.5 Å². The van der Waals surface area contributed by atoms with Crippen molar-refractivity contribution in [3.63, 3.8) is 0 Å². The van der Waals surface area contributed by atoms with Gasteiger partial charge < -0.3 is 8.37 Å². The Morgan fingerprint density at radius 3 is 1.26 bits per heavy atom. The maximum atomic E-state index is 11.5. The van der Waals surface area contributed by atoms with E-state index in [9.17, 15) is 8.42 Å². The van der Waals surface area contributed by atoms with E-state index in [4.69, 9.17) is 8.37 Å². The second-order valence-corrected chi connectivity index (χ2v) is 4.35. The Morgan fingerprint density at radius 1 is 0.632 bits per heavy atom. The molecule has 0 aliphatic carbocycles. The van der Waals surface area contributed by atoms with Crippen LogP contribution in [0.2, 0.25) is 0 Å². The SMILES string of the molecule is O=S(=O)(Oc1ccccc1)Oc1ccccc1.[NaH].[NaH]. The van der Waals surface area contributed by atoms with Crippen molar-refractivity contribution in [2.75, 3.05) is 0 Å². The molecule has 0 bridgehead atoms. The summed E-state index contributed by atoms with van der Waals surface area (Å²) in [5, 5.41) is 0. The minimum absolute atomic E-state index is 0. The number of benzene rings is 2. The molecule has 0 saturated heterocycles. The summed E-state index contributed by atoms with van der Waals surface area (Å²) in [6.45, 7) is 0. The summed E-state index contributed by atoms with van der Waals surface area (Å²) < 4.78 is 32.6. The van der Waals surface area contributed by atoms with Gasteiger partial charge in [-0.25, -0.2) is 0 Å². The van der Waals surface area contributed by atoms with Crippen molar-refractivity contribution >= 4 is 69.5 Å². The fourth-order valence-corrected chi connectivity index (χ4v) is 1.93. The molecule has 2 rings (SSSR count). The molecule has 0 aromatic heterocycles. The fraction of sp³-hybridized carbons (Fsp3) is 0. The van der Waals surface area contributed by atoms with E-state index in [2.05, 4.69) is 0 Å². The predicted octanol–water partition coefficient (Wildman–Crippen LogP) is 1.09. The zero-order valence-electron chi connectivity index (χ0n) is 8.81. The molecular formula is C12H12Na2O4S. The van der Waals surface area contributed by atoms with E-state index in [0.29, 0.717) is 0 Å². The molecular weight excluding hydrogens is 286 g/mol. The van der Waals surface area contributed by atoms with Gasteiger partial charge in [-0.15, -0.1) is 8.42 Å². The fourth-order valence-electron chi connectivity index (χ4n) is 1.20. The molecule has 2 aromatic rings. The third-order valence-corrected chi connectivity index (χ3v) is 2.68. The molecule has 0 N–H and O–H groups in total. The van der Waals surface area contributed by atoms with Gasteiger partial charge in [0.05, 0.1) is 0 Å². The van der Waals surface area contributed by atoms with E-state index in [1.54, 1.807) is 36.4 Å². The van der Waals surface area contributed by atoms with Crippen LogP contribution in [-0.4, -0.2) is 67.5 Å². The quantitative estimate of drug-likeness (QED) is 0.793. The van der Waals surface area contributed by atoms with Gasteiger partial charge in [0, 0.05) is 0 Å². The Hall–Kier alpha value is -0.01000. The molecule has 0 aliphatic heterocycles. The van der Waals surface area contributed by atoms with Crippen molar-refractivity contribution in [3.05, 3.63) is 60.7 Å². The van der Waals surface area contributed by atoms with Gasteiger partial charge in [0.25, 0.3) is 0 Å². The Bertz CT molecular complexity index is 526. The number of para-hydroxylation sites is 2. The van der Waals surface area contributed by atoms with Crippen molar-refractivity contribution in [2.45, 2.75) is 0 Å². The van der Waals surface area contributed by atoms with E-state index in [1.165, 1.54) is 24.3 Å². The molecule has 4 nitrogen and oxygen atoms in total. The monoisotopic (exact) mass is 298 g/mol. The molecule has 0 saturated carbocycles. The molecule has 0 amide bonds. The van der Waals surface area contributed by atoms with Crippen LogP contribution in [0.4, 0.5) is 0 Å². The number of hydrogen-bond acceptors (Lipinski definition) is 4. The van der Waals surface area contributed by atoms with Gasteiger partial charge in [0.15, 0.2) is 0 Å². The Balaban J connectivity index is 0.00000162. The molecule has 0 fully saturated rings. The second kappa shape index (κ2) is 9.02. The Labute approximate surface area is 157 Å². The number of rotatable bonds is 4. The van der Waals surface area contributed by atoms with Crippen molar-refractivity contribution in [3.8, 4) is 11.5 Å². The van der Waals surface area contributed by atoms with E-state index in [0.717, 1.165) is 0 Å². The average Bonchev–Trinajstić information content (AvgIpc) is 2.30. The average molecular weight is 298 g/mol. The van der Waals surface area contributed by atoms with Crippen molar-refractivity contribution < 1.29 is 16.8 Å². The van der Waals surface area contributed by atoms with Gasteiger partial charge >= 0.3 is 69.5 Å². The second-order valence-electron chi connectivity index (χ2n) is 3.20. The first-order valence-corrected chi connectivity index (χ1v) is 6.23. The van der Waals surface area contributed by atoms with Gasteiger partial charge in [0.2, 0.25) is 0 Å². The third-order valence-electron chi connectivity index (χ3n) is 1.88. The first kappa shape index (κ1) is 19.0. The van der Waals surface area contributed by atoms with Gasteiger partial charge in [-0.1, -0.05) is 36.4 Å².